The first-order valence-corrected chi connectivity index (χ1v) is 7.18. The number of carbonyl (C=O) groups excluding carboxylic acids is 1. The molecule has 4 heteroatoms. The van der Waals surface area contributed by atoms with Gasteiger partial charge in [-0.15, -0.1) is 0 Å². The number of nitrogens with one attached hydrogen (secondary N) is 2. The molecule has 110 valence electrons. The SMILES string of the molecule is CCNC(C)c1cccc(NC(=O)c2cccc(C)n2)c1. The van der Waals surface area contributed by atoms with E-state index in [9.17, 15) is 4.79 Å². The van der Waals surface area contributed by atoms with Gasteiger partial charge in [0.15, 0.2) is 0 Å². The van der Waals surface area contributed by atoms with Gasteiger partial charge in [0.2, 0.25) is 0 Å². The lowest BCUT2D eigenvalue weighted by molar-refractivity contribution is 0.102. The van der Waals surface area contributed by atoms with E-state index >= 15 is 0 Å². The van der Waals surface area contributed by atoms with Crippen molar-refractivity contribution in [3.8, 4) is 0 Å². The molecule has 2 rings (SSSR count). The number of hydrogen-bond donors (Lipinski definition) is 2. The smallest absolute Gasteiger partial charge is 0.274 e. The number of amides is 1. The quantitative estimate of drug-likeness (QED) is 0.885. The summed E-state index contributed by atoms with van der Waals surface area (Å²) < 4.78 is 0. The standard InChI is InChI=1S/C17H21N3O/c1-4-18-13(3)14-8-6-9-15(11-14)20-17(21)16-10-5-7-12(2)19-16/h5-11,13,18H,4H2,1-3H3,(H,20,21). The highest BCUT2D eigenvalue weighted by atomic mass is 16.1. The molecule has 0 fully saturated rings. The van der Waals surface area contributed by atoms with Crippen LogP contribution in [0.2, 0.25) is 0 Å². The molecule has 0 spiro atoms. The molecule has 0 bridgehead atoms. The lowest BCUT2D eigenvalue weighted by Gasteiger charge is -2.14. The van der Waals surface area contributed by atoms with Gasteiger partial charge in [-0.3, -0.25) is 4.79 Å². The van der Waals surface area contributed by atoms with Crippen LogP contribution in [0.25, 0.3) is 0 Å². The number of aromatic nitrogens is 1. The van der Waals surface area contributed by atoms with Crippen molar-refractivity contribution < 1.29 is 4.79 Å². The first-order chi connectivity index (χ1) is 10.1. The fraction of sp³-hybridized carbons (Fsp3) is 0.294. The van der Waals surface area contributed by atoms with Gasteiger partial charge in [0.25, 0.3) is 5.91 Å². The van der Waals surface area contributed by atoms with E-state index in [-0.39, 0.29) is 11.9 Å². The molecule has 1 aromatic carbocycles. The maximum absolute atomic E-state index is 12.2. The van der Waals surface area contributed by atoms with Gasteiger partial charge in [-0.2, -0.15) is 0 Å². The van der Waals surface area contributed by atoms with Crippen molar-refractivity contribution in [3.05, 3.63) is 59.4 Å². The predicted molar refractivity (Wildman–Crippen MR) is 85.5 cm³/mol. The van der Waals surface area contributed by atoms with E-state index in [0.717, 1.165) is 23.5 Å². The third-order valence-electron chi connectivity index (χ3n) is 3.28. The maximum Gasteiger partial charge on any atom is 0.274 e. The van der Waals surface area contributed by atoms with Crippen molar-refractivity contribution >= 4 is 11.6 Å². The summed E-state index contributed by atoms with van der Waals surface area (Å²) in [5.74, 6) is -0.188. The number of nitrogens with zero attached hydrogens (tertiary/aromatic N) is 1. The van der Waals surface area contributed by atoms with Crippen molar-refractivity contribution in [2.45, 2.75) is 26.8 Å². The molecule has 0 saturated carbocycles. The van der Waals surface area contributed by atoms with Crippen LogP contribution in [0.3, 0.4) is 0 Å². The Morgan fingerprint density at radius 1 is 1.24 bits per heavy atom. The fourth-order valence-electron chi connectivity index (χ4n) is 2.17. The van der Waals surface area contributed by atoms with Crippen LogP contribution in [-0.4, -0.2) is 17.4 Å². The van der Waals surface area contributed by atoms with Crippen LogP contribution < -0.4 is 10.6 Å². The van der Waals surface area contributed by atoms with Crippen LogP contribution in [0, 0.1) is 6.92 Å². The molecule has 0 aliphatic carbocycles. The molecule has 4 nitrogen and oxygen atoms in total. The van der Waals surface area contributed by atoms with Gasteiger partial charge in [-0.25, -0.2) is 4.98 Å². The second-order valence-electron chi connectivity index (χ2n) is 5.02. The second-order valence-corrected chi connectivity index (χ2v) is 5.02. The minimum absolute atomic E-state index is 0.188. The maximum atomic E-state index is 12.2. The molecule has 1 aromatic heterocycles. The molecular formula is C17H21N3O. The molecule has 1 heterocycles. The largest absolute Gasteiger partial charge is 0.321 e. The Balaban J connectivity index is 2.12. The van der Waals surface area contributed by atoms with Gasteiger partial charge >= 0.3 is 0 Å². The zero-order valence-electron chi connectivity index (χ0n) is 12.7. The third kappa shape index (κ3) is 4.13. The molecule has 2 N–H and O–H groups in total. The van der Waals surface area contributed by atoms with E-state index < -0.39 is 0 Å². The number of pyridine rings is 1. The highest BCUT2D eigenvalue weighted by molar-refractivity contribution is 6.02. The number of aryl methyl sites for hydroxylation is 1. The van der Waals surface area contributed by atoms with Crippen LogP contribution in [-0.2, 0) is 0 Å². The Bertz CT molecular complexity index is 625. The van der Waals surface area contributed by atoms with Crippen LogP contribution >= 0.6 is 0 Å². The van der Waals surface area contributed by atoms with Crippen molar-refractivity contribution in [1.29, 1.82) is 0 Å². The molecular weight excluding hydrogens is 262 g/mol. The Labute approximate surface area is 125 Å². The van der Waals surface area contributed by atoms with Gasteiger partial charge in [0.1, 0.15) is 5.69 Å². The Morgan fingerprint density at radius 3 is 2.71 bits per heavy atom. The van der Waals surface area contributed by atoms with Gasteiger partial charge in [-0.05, 0) is 50.2 Å². The van der Waals surface area contributed by atoms with Gasteiger partial charge < -0.3 is 10.6 Å². The van der Waals surface area contributed by atoms with Crippen molar-refractivity contribution in [3.63, 3.8) is 0 Å². The van der Waals surface area contributed by atoms with Gasteiger partial charge in [0, 0.05) is 17.4 Å². The van der Waals surface area contributed by atoms with Crippen LogP contribution in [0.4, 0.5) is 5.69 Å². The molecule has 21 heavy (non-hydrogen) atoms. The van der Waals surface area contributed by atoms with Crippen LogP contribution in [0.1, 0.15) is 41.6 Å². The van der Waals surface area contributed by atoms with E-state index in [1.807, 2.05) is 43.3 Å². The molecule has 2 aromatic rings. The zero-order valence-corrected chi connectivity index (χ0v) is 12.7. The highest BCUT2D eigenvalue weighted by Crippen LogP contribution is 2.17. The number of benzene rings is 1. The molecule has 1 atom stereocenters. The topological polar surface area (TPSA) is 54.0 Å². The van der Waals surface area contributed by atoms with E-state index in [4.69, 9.17) is 0 Å². The minimum Gasteiger partial charge on any atom is -0.321 e. The predicted octanol–water partition coefficient (Wildman–Crippen LogP) is 3.31. The summed E-state index contributed by atoms with van der Waals surface area (Å²) in [6.07, 6.45) is 0. The lowest BCUT2D eigenvalue weighted by Crippen LogP contribution is -2.18. The van der Waals surface area contributed by atoms with Crippen molar-refractivity contribution in [1.82, 2.24) is 10.3 Å². The molecule has 1 amide bonds. The van der Waals surface area contributed by atoms with Crippen LogP contribution in [0.15, 0.2) is 42.5 Å². The van der Waals surface area contributed by atoms with E-state index in [0.29, 0.717) is 5.69 Å². The Hall–Kier alpha value is -2.20. The molecule has 0 aliphatic heterocycles. The molecule has 0 saturated heterocycles. The number of anilines is 1. The number of carbonyl (C=O) groups is 1. The monoisotopic (exact) mass is 283 g/mol. The summed E-state index contributed by atoms with van der Waals surface area (Å²) in [5.41, 5.74) is 3.19. The zero-order chi connectivity index (χ0) is 15.2. The Kier molecular flexibility index (Phi) is 5.06. The lowest BCUT2D eigenvalue weighted by atomic mass is 10.1. The first kappa shape index (κ1) is 15.2. The average Bonchev–Trinajstić information content (AvgIpc) is 2.48. The molecule has 0 aliphatic rings. The third-order valence-corrected chi connectivity index (χ3v) is 3.28. The van der Waals surface area contributed by atoms with E-state index in [1.54, 1.807) is 6.07 Å². The summed E-state index contributed by atoms with van der Waals surface area (Å²) in [7, 11) is 0. The minimum atomic E-state index is -0.188. The average molecular weight is 283 g/mol. The van der Waals surface area contributed by atoms with Gasteiger partial charge in [0.05, 0.1) is 0 Å². The van der Waals surface area contributed by atoms with E-state index in [1.165, 1.54) is 0 Å². The fourth-order valence-corrected chi connectivity index (χ4v) is 2.17. The van der Waals surface area contributed by atoms with E-state index in [2.05, 4.69) is 29.5 Å². The first-order valence-electron chi connectivity index (χ1n) is 7.18. The highest BCUT2D eigenvalue weighted by Gasteiger charge is 2.09. The second kappa shape index (κ2) is 6.99. The van der Waals surface area contributed by atoms with Gasteiger partial charge in [-0.1, -0.05) is 25.1 Å². The normalized spacial score (nSPS) is 12.0. The number of hydrogen-bond acceptors (Lipinski definition) is 3. The summed E-state index contributed by atoms with van der Waals surface area (Å²) in [6, 6.07) is 13.5. The molecule has 0 radical (unpaired) electrons. The van der Waals surface area contributed by atoms with Crippen molar-refractivity contribution in [2.75, 3.05) is 11.9 Å². The summed E-state index contributed by atoms with van der Waals surface area (Å²) >= 11 is 0. The Morgan fingerprint density at radius 2 is 2.00 bits per heavy atom. The molecule has 1 unspecified atom stereocenters. The summed E-state index contributed by atoms with van der Waals surface area (Å²) in [6.45, 7) is 6.96. The van der Waals surface area contributed by atoms with Crippen molar-refractivity contribution in [2.24, 2.45) is 0 Å². The summed E-state index contributed by atoms with van der Waals surface area (Å²) in [5, 5.41) is 6.25. The van der Waals surface area contributed by atoms with Crippen LogP contribution in [0.5, 0.6) is 0 Å². The number of rotatable bonds is 5. The summed E-state index contributed by atoms with van der Waals surface area (Å²) in [4.78, 5) is 16.4.